The fourth-order valence-electron chi connectivity index (χ4n) is 2.33. The smallest absolute Gasteiger partial charge is 0.308 e. The molecule has 1 aromatic carbocycles. The predicted octanol–water partition coefficient (Wildman–Crippen LogP) is 4.09. The minimum Gasteiger partial charge on any atom is -0.481 e. The van der Waals surface area contributed by atoms with E-state index >= 15 is 0 Å². The van der Waals surface area contributed by atoms with Gasteiger partial charge in [-0.05, 0) is 24.3 Å². The van der Waals surface area contributed by atoms with E-state index in [9.17, 15) is 4.79 Å². The van der Waals surface area contributed by atoms with Crippen LogP contribution >= 0.6 is 22.9 Å². The number of thiazole rings is 1. The lowest BCUT2D eigenvalue weighted by molar-refractivity contribution is -0.136. The van der Waals surface area contributed by atoms with Crippen LogP contribution in [-0.2, 0) is 11.2 Å². The number of benzene rings is 1. The van der Waals surface area contributed by atoms with Crippen molar-refractivity contribution >= 4 is 44.8 Å². The van der Waals surface area contributed by atoms with Crippen molar-refractivity contribution in [2.45, 2.75) is 6.42 Å². The molecule has 0 saturated carbocycles. The van der Waals surface area contributed by atoms with Crippen LogP contribution in [0.2, 0.25) is 5.02 Å². The van der Waals surface area contributed by atoms with E-state index in [0.717, 1.165) is 20.8 Å². The summed E-state index contributed by atoms with van der Waals surface area (Å²) in [6.07, 6.45) is 3.62. The molecule has 0 saturated heterocycles. The molecule has 5 nitrogen and oxygen atoms in total. The Balaban J connectivity index is 1.75. The van der Waals surface area contributed by atoms with Gasteiger partial charge in [0.25, 0.3) is 0 Å². The van der Waals surface area contributed by atoms with Crippen LogP contribution in [0.4, 0.5) is 0 Å². The van der Waals surface area contributed by atoms with Gasteiger partial charge in [-0.1, -0.05) is 11.6 Å². The average molecular weight is 333 g/mol. The highest BCUT2D eigenvalue weighted by molar-refractivity contribution is 7.17. The summed E-state index contributed by atoms with van der Waals surface area (Å²) in [6, 6.07) is 7.34. The molecule has 0 atom stereocenters. The van der Waals surface area contributed by atoms with E-state index in [1.54, 1.807) is 12.3 Å². The minimum atomic E-state index is -0.848. The van der Waals surface area contributed by atoms with Crippen LogP contribution in [0.1, 0.15) is 4.88 Å². The second-order valence-corrected chi connectivity index (χ2v) is 6.41. The zero-order chi connectivity index (χ0) is 15.3. The van der Waals surface area contributed by atoms with Crippen LogP contribution in [0.15, 0.2) is 41.1 Å². The lowest BCUT2D eigenvalue weighted by Crippen LogP contribution is -1.97. The molecule has 0 bridgehead atoms. The Morgan fingerprint density at radius 2 is 2.23 bits per heavy atom. The van der Waals surface area contributed by atoms with Gasteiger partial charge in [-0.3, -0.25) is 9.20 Å². The quantitative estimate of drug-likeness (QED) is 0.613. The fraction of sp³-hybridized carbons (Fsp3) is 0.0667. The third-order valence-corrected chi connectivity index (χ3v) is 4.49. The number of hydrogen-bond acceptors (Lipinski definition) is 4. The maximum Gasteiger partial charge on any atom is 0.308 e. The summed E-state index contributed by atoms with van der Waals surface area (Å²) >= 11 is 7.33. The summed E-state index contributed by atoms with van der Waals surface area (Å²) in [4.78, 5) is 16.7. The summed E-state index contributed by atoms with van der Waals surface area (Å²) in [5, 5.41) is 10.4. The highest BCUT2D eigenvalue weighted by atomic mass is 35.5. The number of carboxylic acids is 1. The van der Waals surface area contributed by atoms with E-state index in [4.69, 9.17) is 21.1 Å². The predicted molar refractivity (Wildman–Crippen MR) is 84.6 cm³/mol. The molecule has 22 heavy (non-hydrogen) atoms. The number of imidazole rings is 1. The number of aliphatic carboxylic acids is 1. The molecular formula is C15H9ClN2O3S. The van der Waals surface area contributed by atoms with Gasteiger partial charge < -0.3 is 9.52 Å². The first-order chi connectivity index (χ1) is 10.6. The number of hydrogen-bond donors (Lipinski definition) is 1. The fourth-order valence-corrected chi connectivity index (χ4v) is 3.47. The van der Waals surface area contributed by atoms with Crippen molar-refractivity contribution < 1.29 is 14.3 Å². The molecule has 3 heterocycles. The molecule has 0 aliphatic carbocycles. The number of fused-ring (bicyclic) bond motifs is 2. The van der Waals surface area contributed by atoms with Gasteiger partial charge in [0.2, 0.25) is 0 Å². The zero-order valence-electron chi connectivity index (χ0n) is 11.1. The minimum absolute atomic E-state index is 0.00645. The van der Waals surface area contributed by atoms with Crippen LogP contribution in [0.3, 0.4) is 0 Å². The number of rotatable bonds is 3. The van der Waals surface area contributed by atoms with Crippen LogP contribution in [0.5, 0.6) is 0 Å². The third-order valence-electron chi connectivity index (χ3n) is 3.26. The lowest BCUT2D eigenvalue weighted by Gasteiger charge is -1.89. The van der Waals surface area contributed by atoms with Gasteiger partial charge in [-0.25, -0.2) is 4.98 Å². The summed E-state index contributed by atoms with van der Waals surface area (Å²) in [5.74, 6) is -0.188. The summed E-state index contributed by atoms with van der Waals surface area (Å²) in [6.45, 7) is 0. The molecule has 0 spiro atoms. The largest absolute Gasteiger partial charge is 0.481 e. The Morgan fingerprint density at radius 1 is 1.36 bits per heavy atom. The molecule has 4 rings (SSSR count). The SMILES string of the molecule is O=C(O)Cc1cn2cc(-c3cc4cc(Cl)ccc4o3)nc2s1. The van der Waals surface area contributed by atoms with Crippen molar-refractivity contribution in [1.82, 2.24) is 9.38 Å². The Morgan fingerprint density at radius 3 is 3.00 bits per heavy atom. The molecule has 0 radical (unpaired) electrons. The monoisotopic (exact) mass is 332 g/mol. The van der Waals surface area contributed by atoms with Crippen LogP contribution < -0.4 is 0 Å². The molecule has 7 heteroatoms. The molecule has 0 aliphatic rings. The Bertz CT molecular complexity index is 983. The number of halogens is 1. The molecule has 0 unspecified atom stereocenters. The van der Waals surface area contributed by atoms with Crippen LogP contribution in [0.25, 0.3) is 27.4 Å². The molecule has 110 valence electrons. The maximum absolute atomic E-state index is 10.7. The molecule has 0 amide bonds. The van der Waals surface area contributed by atoms with Crippen LogP contribution in [0, 0.1) is 0 Å². The van der Waals surface area contributed by atoms with E-state index in [2.05, 4.69) is 4.98 Å². The molecule has 0 aliphatic heterocycles. The highest BCUT2D eigenvalue weighted by Crippen LogP contribution is 2.30. The van der Waals surface area contributed by atoms with Crippen molar-refractivity contribution in [3.05, 3.63) is 46.6 Å². The molecular weight excluding hydrogens is 324 g/mol. The van der Waals surface area contributed by atoms with Crippen molar-refractivity contribution in [2.75, 3.05) is 0 Å². The van der Waals surface area contributed by atoms with Gasteiger partial charge in [0.1, 0.15) is 11.3 Å². The Labute approximate surface area is 133 Å². The molecule has 1 N–H and O–H groups in total. The average Bonchev–Trinajstić information content (AvgIpc) is 3.08. The molecule has 0 fully saturated rings. The summed E-state index contributed by atoms with van der Waals surface area (Å²) in [7, 11) is 0. The van der Waals surface area contributed by atoms with Crippen molar-refractivity contribution in [1.29, 1.82) is 0 Å². The number of carbonyl (C=O) groups is 1. The first-order valence-electron chi connectivity index (χ1n) is 6.47. The summed E-state index contributed by atoms with van der Waals surface area (Å²) < 4.78 is 7.60. The van der Waals surface area contributed by atoms with Gasteiger partial charge in [-0.15, -0.1) is 11.3 Å². The molecule has 3 aromatic heterocycles. The second-order valence-electron chi connectivity index (χ2n) is 4.88. The standard InChI is InChI=1S/C15H9ClN2O3S/c16-9-1-2-12-8(3-9)4-13(21-12)11-7-18-6-10(5-14(19)20)22-15(18)17-11/h1-4,6-7H,5H2,(H,19,20). The summed E-state index contributed by atoms with van der Waals surface area (Å²) in [5.41, 5.74) is 1.46. The number of aromatic nitrogens is 2. The number of nitrogens with zero attached hydrogens (tertiary/aromatic N) is 2. The van der Waals surface area contributed by atoms with Crippen molar-refractivity contribution in [2.24, 2.45) is 0 Å². The highest BCUT2D eigenvalue weighted by Gasteiger charge is 2.13. The Hall–Kier alpha value is -2.31. The van der Waals surface area contributed by atoms with Gasteiger partial charge in [-0.2, -0.15) is 0 Å². The molecule has 4 aromatic rings. The van der Waals surface area contributed by atoms with E-state index < -0.39 is 5.97 Å². The van der Waals surface area contributed by atoms with E-state index in [1.165, 1.54) is 11.3 Å². The maximum atomic E-state index is 10.7. The zero-order valence-corrected chi connectivity index (χ0v) is 12.7. The van der Waals surface area contributed by atoms with Gasteiger partial charge in [0, 0.05) is 27.7 Å². The van der Waals surface area contributed by atoms with E-state index in [-0.39, 0.29) is 6.42 Å². The first-order valence-corrected chi connectivity index (χ1v) is 7.66. The van der Waals surface area contributed by atoms with Crippen molar-refractivity contribution in [3.8, 4) is 11.5 Å². The number of carboxylic acid groups (broad SMARTS) is 1. The first kappa shape index (κ1) is 13.4. The van der Waals surface area contributed by atoms with E-state index in [1.807, 2.05) is 28.8 Å². The lowest BCUT2D eigenvalue weighted by atomic mass is 10.2. The second kappa shape index (κ2) is 4.86. The Kier molecular flexibility index (Phi) is 2.95. The van der Waals surface area contributed by atoms with E-state index in [0.29, 0.717) is 16.5 Å². The topological polar surface area (TPSA) is 67.7 Å². The van der Waals surface area contributed by atoms with Gasteiger partial charge >= 0.3 is 5.97 Å². The normalized spacial score (nSPS) is 11.5. The van der Waals surface area contributed by atoms with Gasteiger partial charge in [0.15, 0.2) is 10.7 Å². The van der Waals surface area contributed by atoms with Gasteiger partial charge in [0.05, 0.1) is 6.42 Å². The van der Waals surface area contributed by atoms with Crippen LogP contribution in [-0.4, -0.2) is 20.5 Å². The van der Waals surface area contributed by atoms with Crippen molar-refractivity contribution in [3.63, 3.8) is 0 Å². The third kappa shape index (κ3) is 2.26. The number of furan rings is 1.